The van der Waals surface area contributed by atoms with Gasteiger partial charge in [0.15, 0.2) is 0 Å². The standard InChI is InChI=1S/C18H20N6O2/c25-16(22-12-4-1-2-5-12)11-24-10-13(8-21-24)23-18(26)15-9-20-17-14(15)6-3-7-19-17/h3,6-10,12H,1-2,4-5,11H2,(H,19,20)(H,22,25)(H,23,26). The van der Waals surface area contributed by atoms with Crippen molar-refractivity contribution in [2.45, 2.75) is 38.3 Å². The van der Waals surface area contributed by atoms with Crippen molar-refractivity contribution in [1.82, 2.24) is 25.1 Å². The molecule has 0 aromatic carbocycles. The van der Waals surface area contributed by atoms with Crippen LogP contribution in [-0.4, -0.2) is 37.6 Å². The van der Waals surface area contributed by atoms with Gasteiger partial charge in [0.05, 0.1) is 17.4 Å². The Morgan fingerprint density at radius 1 is 1.31 bits per heavy atom. The summed E-state index contributed by atoms with van der Waals surface area (Å²) in [5, 5.41) is 10.7. The molecule has 0 radical (unpaired) electrons. The molecular weight excluding hydrogens is 332 g/mol. The highest BCUT2D eigenvalue weighted by Crippen LogP contribution is 2.18. The zero-order chi connectivity index (χ0) is 17.9. The van der Waals surface area contributed by atoms with Crippen molar-refractivity contribution in [3.63, 3.8) is 0 Å². The van der Waals surface area contributed by atoms with Crippen LogP contribution in [-0.2, 0) is 11.3 Å². The second-order valence-electron chi connectivity index (χ2n) is 6.53. The molecule has 1 aliphatic rings. The molecule has 134 valence electrons. The predicted molar refractivity (Wildman–Crippen MR) is 96.7 cm³/mol. The smallest absolute Gasteiger partial charge is 0.257 e. The number of anilines is 1. The second-order valence-corrected chi connectivity index (χ2v) is 6.53. The first-order valence-corrected chi connectivity index (χ1v) is 8.74. The number of aromatic nitrogens is 4. The van der Waals surface area contributed by atoms with E-state index < -0.39 is 0 Å². The van der Waals surface area contributed by atoms with Crippen molar-refractivity contribution in [3.8, 4) is 0 Å². The number of rotatable bonds is 5. The topological polar surface area (TPSA) is 105 Å². The molecule has 1 fully saturated rings. The first-order valence-electron chi connectivity index (χ1n) is 8.74. The molecule has 8 heteroatoms. The van der Waals surface area contributed by atoms with Gasteiger partial charge in [0.25, 0.3) is 5.91 Å². The van der Waals surface area contributed by atoms with Gasteiger partial charge in [0.2, 0.25) is 5.91 Å². The van der Waals surface area contributed by atoms with Gasteiger partial charge in [-0.2, -0.15) is 5.10 Å². The van der Waals surface area contributed by atoms with Gasteiger partial charge in [-0.25, -0.2) is 4.98 Å². The Hall–Kier alpha value is -3.16. The van der Waals surface area contributed by atoms with Crippen LogP contribution in [0.3, 0.4) is 0 Å². The van der Waals surface area contributed by atoms with E-state index in [-0.39, 0.29) is 24.4 Å². The molecule has 0 unspecified atom stereocenters. The quantitative estimate of drug-likeness (QED) is 0.654. The minimum absolute atomic E-state index is 0.0550. The van der Waals surface area contributed by atoms with Gasteiger partial charge < -0.3 is 15.6 Å². The summed E-state index contributed by atoms with van der Waals surface area (Å²) in [7, 11) is 0. The summed E-state index contributed by atoms with van der Waals surface area (Å²) in [4.78, 5) is 31.7. The van der Waals surface area contributed by atoms with E-state index in [1.165, 1.54) is 23.7 Å². The van der Waals surface area contributed by atoms with E-state index in [2.05, 4.69) is 25.7 Å². The van der Waals surface area contributed by atoms with E-state index >= 15 is 0 Å². The molecule has 0 bridgehead atoms. The van der Waals surface area contributed by atoms with E-state index in [0.29, 0.717) is 16.9 Å². The van der Waals surface area contributed by atoms with E-state index in [1.807, 2.05) is 6.07 Å². The van der Waals surface area contributed by atoms with E-state index in [9.17, 15) is 9.59 Å². The fourth-order valence-corrected chi connectivity index (χ4v) is 3.35. The second kappa shape index (κ2) is 6.99. The number of nitrogens with one attached hydrogen (secondary N) is 3. The summed E-state index contributed by atoms with van der Waals surface area (Å²) in [5.74, 6) is -0.306. The lowest BCUT2D eigenvalue weighted by Gasteiger charge is -2.11. The molecule has 3 aromatic rings. The molecule has 3 N–H and O–H groups in total. The summed E-state index contributed by atoms with van der Waals surface area (Å²) in [5.41, 5.74) is 1.72. The number of aromatic amines is 1. The number of H-pyrrole nitrogens is 1. The number of hydrogen-bond acceptors (Lipinski definition) is 4. The van der Waals surface area contributed by atoms with E-state index in [0.717, 1.165) is 18.2 Å². The highest BCUT2D eigenvalue weighted by molar-refractivity contribution is 6.12. The Morgan fingerprint density at radius 3 is 3.00 bits per heavy atom. The molecule has 8 nitrogen and oxygen atoms in total. The Bertz CT molecular complexity index is 938. The molecule has 0 atom stereocenters. The number of carbonyl (C=O) groups is 2. The van der Waals surface area contributed by atoms with Gasteiger partial charge in [-0.3, -0.25) is 14.3 Å². The Morgan fingerprint density at radius 2 is 2.15 bits per heavy atom. The average molecular weight is 352 g/mol. The van der Waals surface area contributed by atoms with Crippen LogP contribution < -0.4 is 10.6 Å². The van der Waals surface area contributed by atoms with Gasteiger partial charge in [0, 0.05) is 30.0 Å². The van der Waals surface area contributed by atoms with Crippen molar-refractivity contribution >= 4 is 28.5 Å². The van der Waals surface area contributed by atoms with Crippen LogP contribution in [0.5, 0.6) is 0 Å². The lowest BCUT2D eigenvalue weighted by atomic mass is 10.2. The van der Waals surface area contributed by atoms with Gasteiger partial charge >= 0.3 is 0 Å². The number of nitrogens with zero attached hydrogens (tertiary/aromatic N) is 3. The van der Waals surface area contributed by atoms with Gasteiger partial charge in [0.1, 0.15) is 12.2 Å². The molecule has 1 aliphatic carbocycles. The summed E-state index contributed by atoms with van der Waals surface area (Å²) >= 11 is 0. The van der Waals surface area contributed by atoms with Crippen molar-refractivity contribution in [3.05, 3.63) is 42.5 Å². The third-order valence-corrected chi connectivity index (χ3v) is 4.61. The summed E-state index contributed by atoms with van der Waals surface area (Å²) in [6.07, 6.45) is 10.9. The minimum atomic E-state index is -0.251. The predicted octanol–water partition coefficient (Wildman–Crippen LogP) is 2.07. The summed E-state index contributed by atoms with van der Waals surface area (Å²) in [6, 6.07) is 3.91. The lowest BCUT2D eigenvalue weighted by molar-refractivity contribution is -0.122. The van der Waals surface area contributed by atoms with Crippen LogP contribution in [0.15, 0.2) is 36.9 Å². The largest absolute Gasteiger partial charge is 0.352 e. The zero-order valence-corrected chi connectivity index (χ0v) is 14.2. The highest BCUT2D eigenvalue weighted by atomic mass is 16.2. The molecule has 0 saturated heterocycles. The molecule has 3 heterocycles. The third kappa shape index (κ3) is 3.44. The Balaban J connectivity index is 1.38. The summed E-state index contributed by atoms with van der Waals surface area (Å²) in [6.45, 7) is 0.142. The first-order chi connectivity index (χ1) is 12.7. The van der Waals surface area contributed by atoms with Crippen LogP contribution in [0.1, 0.15) is 36.0 Å². The molecule has 0 aliphatic heterocycles. The van der Waals surface area contributed by atoms with Crippen LogP contribution in [0, 0.1) is 0 Å². The summed E-state index contributed by atoms with van der Waals surface area (Å²) < 4.78 is 1.52. The van der Waals surface area contributed by atoms with Gasteiger partial charge in [-0.05, 0) is 25.0 Å². The third-order valence-electron chi connectivity index (χ3n) is 4.61. The van der Waals surface area contributed by atoms with Crippen LogP contribution in [0.2, 0.25) is 0 Å². The van der Waals surface area contributed by atoms with E-state index in [4.69, 9.17) is 0 Å². The molecular formula is C18H20N6O2. The number of fused-ring (bicyclic) bond motifs is 1. The number of amides is 2. The molecule has 26 heavy (non-hydrogen) atoms. The van der Waals surface area contributed by atoms with Gasteiger partial charge in [-0.15, -0.1) is 0 Å². The zero-order valence-electron chi connectivity index (χ0n) is 14.2. The Labute approximate surface area is 150 Å². The molecule has 3 aromatic heterocycles. The van der Waals surface area contributed by atoms with Crippen molar-refractivity contribution in [2.24, 2.45) is 0 Å². The van der Waals surface area contributed by atoms with Crippen molar-refractivity contribution < 1.29 is 9.59 Å². The van der Waals surface area contributed by atoms with Crippen LogP contribution in [0.25, 0.3) is 11.0 Å². The van der Waals surface area contributed by atoms with Crippen molar-refractivity contribution in [1.29, 1.82) is 0 Å². The molecule has 0 spiro atoms. The number of pyridine rings is 1. The Kier molecular flexibility index (Phi) is 4.39. The molecule has 1 saturated carbocycles. The maximum absolute atomic E-state index is 12.5. The van der Waals surface area contributed by atoms with E-state index in [1.54, 1.807) is 24.7 Å². The number of carbonyl (C=O) groups excluding carboxylic acids is 2. The van der Waals surface area contributed by atoms with Crippen LogP contribution in [0.4, 0.5) is 5.69 Å². The number of hydrogen-bond donors (Lipinski definition) is 3. The first kappa shape index (κ1) is 16.3. The monoisotopic (exact) mass is 352 g/mol. The fourth-order valence-electron chi connectivity index (χ4n) is 3.35. The van der Waals surface area contributed by atoms with Crippen LogP contribution >= 0.6 is 0 Å². The normalized spacial score (nSPS) is 14.6. The van der Waals surface area contributed by atoms with Crippen molar-refractivity contribution in [2.75, 3.05) is 5.32 Å². The highest BCUT2D eigenvalue weighted by Gasteiger charge is 2.18. The lowest BCUT2D eigenvalue weighted by Crippen LogP contribution is -2.35. The fraction of sp³-hybridized carbons (Fsp3) is 0.333. The maximum Gasteiger partial charge on any atom is 0.257 e. The molecule has 2 amide bonds. The minimum Gasteiger partial charge on any atom is -0.352 e. The SMILES string of the molecule is O=C(Cn1cc(NC(=O)c2c[nH]c3ncccc23)cn1)NC1CCCC1. The van der Waals surface area contributed by atoms with Gasteiger partial charge in [-0.1, -0.05) is 12.8 Å². The average Bonchev–Trinajstić information content (AvgIpc) is 3.35. The molecule has 4 rings (SSSR count). The maximum atomic E-state index is 12.5.